The van der Waals surface area contributed by atoms with Gasteiger partial charge in [-0.1, -0.05) is 24.3 Å². The van der Waals surface area contributed by atoms with Gasteiger partial charge in [0.05, 0.1) is 6.10 Å². The monoisotopic (exact) mass is 403 g/mol. The zero-order chi connectivity index (χ0) is 21.0. The van der Waals surface area contributed by atoms with Gasteiger partial charge >= 0.3 is 5.97 Å². The summed E-state index contributed by atoms with van der Waals surface area (Å²) < 4.78 is 26.5. The van der Waals surface area contributed by atoms with E-state index < -0.39 is 23.3 Å². The van der Waals surface area contributed by atoms with Gasteiger partial charge in [0.15, 0.2) is 0 Å². The molecule has 0 spiro atoms. The molecule has 0 saturated carbocycles. The number of benzene rings is 2. The van der Waals surface area contributed by atoms with Crippen molar-refractivity contribution in [1.29, 1.82) is 0 Å². The van der Waals surface area contributed by atoms with Gasteiger partial charge in [-0.05, 0) is 54.7 Å². The highest BCUT2D eigenvalue weighted by Gasteiger charge is 2.50. The Labute approximate surface area is 167 Å². The second kappa shape index (κ2) is 8.69. The van der Waals surface area contributed by atoms with Crippen molar-refractivity contribution >= 4 is 11.9 Å². The SMILES string of the molecule is O=C(CCc1cccc(F)c1)N1CC[C@@H](O)[C@](Cc2ccc(F)cc2)(C(=O)O)C1. The van der Waals surface area contributed by atoms with Crippen LogP contribution in [0.1, 0.15) is 24.0 Å². The van der Waals surface area contributed by atoms with Gasteiger partial charge in [-0.3, -0.25) is 9.59 Å². The maximum absolute atomic E-state index is 13.3. The number of amides is 1. The van der Waals surface area contributed by atoms with Crippen molar-refractivity contribution in [1.82, 2.24) is 4.90 Å². The highest BCUT2D eigenvalue weighted by Crippen LogP contribution is 2.35. The van der Waals surface area contributed by atoms with E-state index >= 15 is 0 Å². The summed E-state index contributed by atoms with van der Waals surface area (Å²) in [6.45, 7) is 0.116. The van der Waals surface area contributed by atoms with Gasteiger partial charge < -0.3 is 15.1 Å². The lowest BCUT2D eigenvalue weighted by Gasteiger charge is -2.43. The molecule has 0 aromatic heterocycles. The van der Waals surface area contributed by atoms with E-state index in [4.69, 9.17) is 0 Å². The Hall–Kier alpha value is -2.80. The molecule has 154 valence electrons. The van der Waals surface area contributed by atoms with Crippen molar-refractivity contribution < 1.29 is 28.6 Å². The van der Waals surface area contributed by atoms with Gasteiger partial charge in [-0.2, -0.15) is 0 Å². The quantitative estimate of drug-likeness (QED) is 0.778. The molecule has 2 aromatic carbocycles. The van der Waals surface area contributed by atoms with Crippen LogP contribution >= 0.6 is 0 Å². The van der Waals surface area contributed by atoms with Crippen molar-refractivity contribution in [3.05, 3.63) is 71.3 Å². The van der Waals surface area contributed by atoms with Crippen LogP contribution in [0.15, 0.2) is 48.5 Å². The van der Waals surface area contributed by atoms with Crippen molar-refractivity contribution in [2.75, 3.05) is 13.1 Å². The van der Waals surface area contributed by atoms with Crippen LogP contribution in [-0.2, 0) is 22.4 Å². The molecule has 29 heavy (non-hydrogen) atoms. The summed E-state index contributed by atoms with van der Waals surface area (Å²) >= 11 is 0. The van der Waals surface area contributed by atoms with Gasteiger partial charge in [0.25, 0.3) is 0 Å². The maximum atomic E-state index is 13.3. The van der Waals surface area contributed by atoms with E-state index in [0.717, 1.165) is 0 Å². The number of carboxylic acids is 1. The van der Waals surface area contributed by atoms with E-state index in [1.165, 1.54) is 41.3 Å². The molecule has 1 heterocycles. The zero-order valence-corrected chi connectivity index (χ0v) is 15.9. The van der Waals surface area contributed by atoms with Crippen LogP contribution in [0.25, 0.3) is 0 Å². The lowest BCUT2D eigenvalue weighted by molar-refractivity contribution is -0.165. The fourth-order valence-corrected chi connectivity index (χ4v) is 3.82. The number of piperidine rings is 1. The van der Waals surface area contributed by atoms with E-state index in [1.54, 1.807) is 12.1 Å². The van der Waals surface area contributed by atoms with Gasteiger partial charge in [0.2, 0.25) is 5.91 Å². The first-order valence-electron chi connectivity index (χ1n) is 9.48. The van der Waals surface area contributed by atoms with Gasteiger partial charge in [-0.25, -0.2) is 8.78 Å². The Bertz CT molecular complexity index is 887. The van der Waals surface area contributed by atoms with Gasteiger partial charge in [0, 0.05) is 19.5 Å². The second-order valence-corrected chi connectivity index (χ2v) is 7.51. The summed E-state index contributed by atoms with van der Waals surface area (Å²) in [7, 11) is 0. The molecule has 2 N–H and O–H groups in total. The predicted octanol–water partition coefficient (Wildman–Crippen LogP) is 2.80. The van der Waals surface area contributed by atoms with E-state index in [-0.39, 0.29) is 44.1 Å². The van der Waals surface area contributed by atoms with Crippen LogP contribution in [0.3, 0.4) is 0 Å². The van der Waals surface area contributed by atoms with Crippen LogP contribution in [0.4, 0.5) is 8.78 Å². The molecule has 0 aliphatic carbocycles. The number of aryl methyl sites for hydroxylation is 1. The number of likely N-dealkylation sites (tertiary alicyclic amines) is 1. The average Bonchev–Trinajstić information content (AvgIpc) is 2.69. The summed E-state index contributed by atoms with van der Waals surface area (Å²) in [4.78, 5) is 26.3. The average molecular weight is 403 g/mol. The number of carbonyl (C=O) groups excluding carboxylic acids is 1. The fraction of sp³-hybridized carbons (Fsp3) is 0.364. The third kappa shape index (κ3) is 4.79. The zero-order valence-electron chi connectivity index (χ0n) is 15.9. The van der Waals surface area contributed by atoms with Crippen LogP contribution in [0.5, 0.6) is 0 Å². The molecule has 0 radical (unpaired) electrons. The summed E-state index contributed by atoms with van der Waals surface area (Å²) in [6.07, 6.45) is -0.548. The number of aliphatic hydroxyl groups excluding tert-OH is 1. The molecule has 1 amide bonds. The molecule has 7 heteroatoms. The van der Waals surface area contributed by atoms with Crippen molar-refractivity contribution in [2.45, 2.75) is 31.8 Å². The maximum Gasteiger partial charge on any atom is 0.314 e. The number of hydrogen-bond acceptors (Lipinski definition) is 3. The standard InChI is InChI=1S/C22H23F2NO4/c23-17-7-4-16(5-8-17)13-22(21(28)29)14-25(11-10-19(22)26)20(27)9-6-15-2-1-3-18(24)12-15/h1-5,7-8,12,19,26H,6,9-11,13-14H2,(H,28,29)/t19-,22-/m1/s1. The number of aliphatic carboxylic acids is 1. The van der Waals surface area contributed by atoms with E-state index in [9.17, 15) is 28.6 Å². The van der Waals surface area contributed by atoms with E-state index in [0.29, 0.717) is 17.5 Å². The first-order chi connectivity index (χ1) is 13.8. The highest BCUT2D eigenvalue weighted by molar-refractivity contribution is 5.80. The Balaban J connectivity index is 1.73. The number of hydrogen-bond donors (Lipinski definition) is 2. The number of carboxylic acid groups (broad SMARTS) is 1. The highest BCUT2D eigenvalue weighted by atomic mass is 19.1. The normalized spacial score (nSPS) is 21.8. The van der Waals surface area contributed by atoms with Crippen molar-refractivity contribution in [3.8, 4) is 0 Å². The van der Waals surface area contributed by atoms with Gasteiger partial charge in [-0.15, -0.1) is 0 Å². The second-order valence-electron chi connectivity index (χ2n) is 7.51. The van der Waals surface area contributed by atoms with Crippen LogP contribution in [-0.4, -0.2) is 46.2 Å². The summed E-state index contributed by atoms with van der Waals surface area (Å²) in [6, 6.07) is 11.4. The van der Waals surface area contributed by atoms with Gasteiger partial charge in [0.1, 0.15) is 17.0 Å². The molecule has 5 nitrogen and oxygen atoms in total. The van der Waals surface area contributed by atoms with Crippen LogP contribution in [0.2, 0.25) is 0 Å². The summed E-state index contributed by atoms with van der Waals surface area (Å²) in [5.41, 5.74) is -0.307. The Morgan fingerprint density at radius 1 is 1.07 bits per heavy atom. The third-order valence-corrected chi connectivity index (χ3v) is 5.51. The molecular weight excluding hydrogens is 380 g/mol. The molecule has 2 atom stereocenters. The summed E-state index contributed by atoms with van der Waals surface area (Å²) in [5, 5.41) is 20.4. The van der Waals surface area contributed by atoms with Crippen molar-refractivity contribution in [2.24, 2.45) is 5.41 Å². The Morgan fingerprint density at radius 3 is 2.45 bits per heavy atom. The third-order valence-electron chi connectivity index (χ3n) is 5.51. The predicted molar refractivity (Wildman–Crippen MR) is 102 cm³/mol. The first-order valence-corrected chi connectivity index (χ1v) is 9.48. The smallest absolute Gasteiger partial charge is 0.314 e. The van der Waals surface area contributed by atoms with Crippen molar-refractivity contribution in [3.63, 3.8) is 0 Å². The van der Waals surface area contributed by atoms with Crippen LogP contribution in [0, 0.1) is 17.0 Å². The Morgan fingerprint density at radius 2 is 1.79 bits per heavy atom. The number of nitrogens with zero attached hydrogens (tertiary/aromatic N) is 1. The number of halogens is 2. The number of aliphatic hydroxyl groups is 1. The first kappa shape index (κ1) is 20.9. The molecule has 1 aliphatic rings. The minimum Gasteiger partial charge on any atom is -0.481 e. The fourth-order valence-electron chi connectivity index (χ4n) is 3.82. The molecular formula is C22H23F2NO4. The molecule has 1 aliphatic heterocycles. The number of carbonyl (C=O) groups is 2. The molecule has 0 unspecified atom stereocenters. The summed E-state index contributed by atoms with van der Waals surface area (Å²) in [5.74, 6) is -2.25. The largest absolute Gasteiger partial charge is 0.481 e. The van der Waals surface area contributed by atoms with E-state index in [2.05, 4.69) is 0 Å². The lowest BCUT2D eigenvalue weighted by atomic mass is 9.72. The number of rotatable bonds is 6. The molecule has 2 aromatic rings. The van der Waals surface area contributed by atoms with E-state index in [1.807, 2.05) is 0 Å². The van der Waals surface area contributed by atoms with Crippen LogP contribution < -0.4 is 0 Å². The molecule has 1 fully saturated rings. The Kier molecular flexibility index (Phi) is 6.27. The molecule has 1 saturated heterocycles. The minimum absolute atomic E-state index is 0.0164. The lowest BCUT2D eigenvalue weighted by Crippen LogP contribution is -2.58. The minimum atomic E-state index is -1.56. The molecule has 0 bridgehead atoms. The topological polar surface area (TPSA) is 77.8 Å². The molecule has 3 rings (SSSR count).